The average Bonchev–Trinajstić information content (AvgIpc) is 3.31. The molecule has 1 aromatic carbocycles. The molecule has 1 amide bonds. The Balaban J connectivity index is 1.63. The van der Waals surface area contributed by atoms with E-state index in [4.69, 9.17) is 0 Å². The quantitative estimate of drug-likeness (QED) is 0.721. The zero-order chi connectivity index (χ0) is 17.8. The van der Waals surface area contributed by atoms with Crippen molar-refractivity contribution in [1.29, 1.82) is 0 Å². The number of phenolic OH excluding ortho intramolecular Hbond substituents is 1. The Kier molecular flexibility index (Phi) is 3.88. The summed E-state index contributed by atoms with van der Waals surface area (Å²) >= 11 is 0. The van der Waals surface area contributed by atoms with Crippen LogP contribution in [0.3, 0.4) is 0 Å². The molecule has 0 spiro atoms. The summed E-state index contributed by atoms with van der Waals surface area (Å²) in [4.78, 5) is 11.4. The van der Waals surface area contributed by atoms with Crippen molar-refractivity contribution in [3.8, 4) is 5.75 Å². The van der Waals surface area contributed by atoms with Gasteiger partial charge in [-0.2, -0.15) is 8.42 Å². The molecule has 3 aliphatic rings. The van der Waals surface area contributed by atoms with Gasteiger partial charge in [-0.25, -0.2) is 13.4 Å². The van der Waals surface area contributed by atoms with Gasteiger partial charge in [0, 0.05) is 6.04 Å². The molecule has 7 nitrogen and oxygen atoms in total. The molecule has 1 aliphatic heterocycles. The van der Waals surface area contributed by atoms with E-state index in [0.29, 0.717) is 28.3 Å². The van der Waals surface area contributed by atoms with E-state index in [0.717, 1.165) is 18.9 Å². The largest absolute Gasteiger partial charge is 0.506 e. The number of aromatic hydroxyl groups is 1. The summed E-state index contributed by atoms with van der Waals surface area (Å²) in [6.07, 6.45) is 4.33. The average molecular weight is 369 g/mol. The molecule has 1 unspecified atom stereocenters. The summed E-state index contributed by atoms with van der Waals surface area (Å²) in [6.45, 7) is 0.434. The fourth-order valence-electron chi connectivity index (χ4n) is 3.57. The summed E-state index contributed by atoms with van der Waals surface area (Å²) in [5.41, 5.74) is 0.669. The monoisotopic (exact) mass is 369 g/mol. The maximum absolute atomic E-state index is 15.0. The van der Waals surface area contributed by atoms with E-state index >= 15 is 0 Å². The summed E-state index contributed by atoms with van der Waals surface area (Å²) in [5, 5.41) is 13.7. The van der Waals surface area contributed by atoms with E-state index in [1.165, 1.54) is 18.9 Å². The van der Waals surface area contributed by atoms with Crippen molar-refractivity contribution >= 4 is 21.8 Å². The van der Waals surface area contributed by atoms with Crippen molar-refractivity contribution in [3.05, 3.63) is 23.0 Å². The number of amides is 1. The minimum atomic E-state index is -4.16. The number of hydrogen-bond donors (Lipinski definition) is 3. The Labute approximate surface area is 145 Å². The number of nitrogens with zero attached hydrogens (tertiary/aromatic N) is 1. The maximum Gasteiger partial charge on any atom is 0.326 e. The molecule has 0 radical (unpaired) electrons. The Morgan fingerprint density at radius 1 is 1.36 bits per heavy atom. The minimum absolute atomic E-state index is 0.233. The van der Waals surface area contributed by atoms with Gasteiger partial charge < -0.3 is 10.4 Å². The summed E-state index contributed by atoms with van der Waals surface area (Å²) in [7, 11) is -4.16. The zero-order valence-electron chi connectivity index (χ0n) is 13.6. The van der Waals surface area contributed by atoms with Crippen molar-refractivity contribution in [2.75, 3.05) is 17.4 Å². The van der Waals surface area contributed by atoms with Crippen LogP contribution in [0.2, 0.25) is 0 Å². The number of rotatable bonds is 4. The topological polar surface area (TPSA) is 98.7 Å². The maximum atomic E-state index is 15.0. The predicted octanol–water partition coefficient (Wildman–Crippen LogP) is 0.569. The van der Waals surface area contributed by atoms with Crippen LogP contribution in [0.5, 0.6) is 5.75 Å². The van der Waals surface area contributed by atoms with Crippen molar-refractivity contribution in [2.45, 2.75) is 38.1 Å². The predicted molar refractivity (Wildman–Crippen MR) is 89.0 cm³/mol. The van der Waals surface area contributed by atoms with Crippen molar-refractivity contribution in [3.63, 3.8) is 0 Å². The first-order valence-electron chi connectivity index (χ1n) is 8.45. The van der Waals surface area contributed by atoms with Gasteiger partial charge >= 0.3 is 10.2 Å². The van der Waals surface area contributed by atoms with Crippen LogP contribution in [0.4, 0.5) is 10.1 Å². The molecule has 1 atom stereocenters. The third-order valence-corrected chi connectivity index (χ3v) is 6.46. The van der Waals surface area contributed by atoms with Crippen LogP contribution >= 0.6 is 0 Å². The van der Waals surface area contributed by atoms with E-state index in [-0.39, 0.29) is 6.04 Å². The number of benzene rings is 1. The molecule has 25 heavy (non-hydrogen) atoms. The lowest BCUT2D eigenvalue weighted by Crippen LogP contribution is -2.36. The van der Waals surface area contributed by atoms with E-state index in [2.05, 4.69) is 5.32 Å². The minimum Gasteiger partial charge on any atom is -0.506 e. The standard InChI is InChI=1S/C16H20FN3O4S/c17-15-12-4-3-11(18-7-9-1-2-9)5-10(12)6-13(21)16(15)20-8-14(22)19-25(20,23)24/h6,9,11,18,21H,1-5,7-8H2,(H,19,22). The number of anilines is 1. The van der Waals surface area contributed by atoms with Crippen molar-refractivity contribution in [2.24, 2.45) is 5.92 Å². The Morgan fingerprint density at radius 2 is 2.12 bits per heavy atom. The van der Waals surface area contributed by atoms with Crippen molar-refractivity contribution in [1.82, 2.24) is 10.0 Å². The van der Waals surface area contributed by atoms with E-state index in [1.807, 2.05) is 0 Å². The van der Waals surface area contributed by atoms with Crippen LogP contribution in [0.25, 0.3) is 0 Å². The SMILES string of the molecule is O=C1CN(c2c(O)cc3c(c2F)CCC(NCC2CC2)C3)S(=O)(=O)N1. The number of halogens is 1. The van der Waals surface area contributed by atoms with Crippen LogP contribution in [-0.4, -0.2) is 38.6 Å². The highest BCUT2D eigenvalue weighted by molar-refractivity contribution is 7.92. The highest BCUT2D eigenvalue weighted by Gasteiger charge is 2.39. The molecule has 1 aromatic rings. The number of nitrogens with one attached hydrogen (secondary N) is 2. The number of carbonyl (C=O) groups is 1. The van der Waals surface area contributed by atoms with E-state index in [1.54, 1.807) is 4.72 Å². The summed E-state index contributed by atoms with van der Waals surface area (Å²) in [5.74, 6) is -1.21. The first-order valence-corrected chi connectivity index (χ1v) is 9.89. The van der Waals surface area contributed by atoms with Gasteiger partial charge in [-0.05, 0) is 61.8 Å². The lowest BCUT2D eigenvalue weighted by atomic mass is 9.87. The summed E-state index contributed by atoms with van der Waals surface area (Å²) in [6, 6.07) is 1.66. The van der Waals surface area contributed by atoms with Gasteiger partial charge in [0.2, 0.25) is 0 Å². The second kappa shape index (κ2) is 5.84. The molecule has 1 heterocycles. The molecule has 4 rings (SSSR count). The Hall–Kier alpha value is -1.87. The van der Waals surface area contributed by atoms with Crippen LogP contribution < -0.4 is 14.3 Å². The van der Waals surface area contributed by atoms with E-state index in [9.17, 15) is 22.7 Å². The van der Waals surface area contributed by atoms with Crippen LogP contribution in [0, 0.1) is 11.7 Å². The fourth-order valence-corrected chi connectivity index (χ4v) is 4.73. The molecule has 1 saturated heterocycles. The first kappa shape index (κ1) is 16.6. The molecular weight excluding hydrogens is 349 g/mol. The third-order valence-electron chi connectivity index (χ3n) is 5.08. The number of carbonyl (C=O) groups excluding carboxylic acids is 1. The highest BCUT2D eigenvalue weighted by Crippen LogP contribution is 2.39. The third kappa shape index (κ3) is 3.06. The van der Waals surface area contributed by atoms with Gasteiger partial charge in [0.25, 0.3) is 5.91 Å². The van der Waals surface area contributed by atoms with Gasteiger partial charge in [-0.15, -0.1) is 0 Å². The fraction of sp³-hybridized carbons (Fsp3) is 0.562. The highest BCUT2D eigenvalue weighted by atomic mass is 32.2. The molecule has 9 heteroatoms. The number of fused-ring (bicyclic) bond motifs is 1. The normalized spacial score (nSPS) is 24.9. The molecule has 0 bridgehead atoms. The van der Waals surface area contributed by atoms with Crippen LogP contribution in [0.15, 0.2) is 6.07 Å². The molecular formula is C16H20FN3O4S. The second-order valence-corrected chi connectivity index (χ2v) is 8.62. The molecule has 2 aliphatic carbocycles. The smallest absolute Gasteiger partial charge is 0.326 e. The van der Waals surface area contributed by atoms with E-state index < -0.39 is 39.9 Å². The van der Waals surface area contributed by atoms with Crippen molar-refractivity contribution < 1.29 is 22.7 Å². The van der Waals surface area contributed by atoms with Gasteiger partial charge in [-0.1, -0.05) is 0 Å². The summed E-state index contributed by atoms with van der Waals surface area (Å²) < 4.78 is 41.3. The van der Waals surface area contributed by atoms with Gasteiger partial charge in [0.05, 0.1) is 0 Å². The zero-order valence-corrected chi connectivity index (χ0v) is 14.4. The van der Waals surface area contributed by atoms with Crippen LogP contribution in [0.1, 0.15) is 30.4 Å². The molecule has 136 valence electrons. The molecule has 2 fully saturated rings. The molecule has 3 N–H and O–H groups in total. The molecule has 1 saturated carbocycles. The number of hydrogen-bond acceptors (Lipinski definition) is 5. The van der Waals surface area contributed by atoms with Gasteiger partial charge in [0.15, 0.2) is 5.82 Å². The van der Waals surface area contributed by atoms with Crippen LogP contribution in [-0.2, 0) is 27.8 Å². The Morgan fingerprint density at radius 3 is 2.76 bits per heavy atom. The van der Waals surface area contributed by atoms with Gasteiger partial charge in [0.1, 0.15) is 18.0 Å². The first-order chi connectivity index (χ1) is 11.8. The second-order valence-electron chi connectivity index (χ2n) is 7.02. The van der Waals surface area contributed by atoms with Gasteiger partial charge in [-0.3, -0.25) is 4.79 Å². The number of phenols is 1. The lowest BCUT2D eigenvalue weighted by molar-refractivity contribution is -0.117. The Bertz CT molecular complexity index is 838. The molecule has 0 aromatic heterocycles. The lowest BCUT2D eigenvalue weighted by Gasteiger charge is -2.28.